The molecule has 0 aromatic rings. The molecule has 0 aromatic heterocycles. The van der Waals surface area contributed by atoms with Gasteiger partial charge in [-0.3, -0.25) is 9.62 Å². The first-order valence-electron chi connectivity index (χ1n) is 5.92. The molecule has 110 valence electrons. The lowest BCUT2D eigenvalue weighted by Crippen LogP contribution is -2.41. The number of amidine groups is 1. The van der Waals surface area contributed by atoms with E-state index in [-0.39, 0.29) is 12.1 Å². The molecule has 0 spiro atoms. The lowest BCUT2D eigenvalue weighted by molar-refractivity contribution is 0.223. The van der Waals surface area contributed by atoms with Crippen molar-refractivity contribution in [2.75, 3.05) is 34.0 Å². The van der Waals surface area contributed by atoms with Gasteiger partial charge in [0.15, 0.2) is 0 Å². The molecule has 0 aliphatic rings. The maximum absolute atomic E-state index is 11.9. The van der Waals surface area contributed by atoms with Gasteiger partial charge in [-0.2, -0.15) is 0 Å². The number of nitrogens with zero attached hydrogens (tertiary/aromatic N) is 3. The summed E-state index contributed by atoms with van der Waals surface area (Å²) in [4.78, 5) is 28.2. The summed E-state index contributed by atoms with van der Waals surface area (Å²) in [5.41, 5.74) is 0. The van der Waals surface area contributed by atoms with Crippen LogP contribution in [0.15, 0.2) is 4.99 Å². The molecule has 1 N–H and O–H groups in total. The van der Waals surface area contributed by atoms with Crippen molar-refractivity contribution in [2.24, 2.45) is 4.99 Å². The van der Waals surface area contributed by atoms with E-state index in [9.17, 15) is 9.59 Å². The molecule has 0 unspecified atom stereocenters. The fraction of sp³-hybridized carbons (Fsp3) is 0.727. The van der Waals surface area contributed by atoms with Gasteiger partial charge in [0, 0.05) is 26.9 Å². The number of hydrogen-bond donors (Lipinski definition) is 1. The Morgan fingerprint density at radius 3 is 2.42 bits per heavy atom. The van der Waals surface area contributed by atoms with Crippen LogP contribution in [0.1, 0.15) is 19.8 Å². The van der Waals surface area contributed by atoms with E-state index in [2.05, 4.69) is 10.3 Å². The summed E-state index contributed by atoms with van der Waals surface area (Å²) < 4.78 is 6.43. The zero-order valence-corrected chi connectivity index (χ0v) is 12.9. The van der Waals surface area contributed by atoms with Crippen molar-refractivity contribution in [1.29, 1.82) is 0 Å². The second-order valence-corrected chi connectivity index (χ2v) is 4.67. The average molecular weight is 290 g/mol. The predicted molar refractivity (Wildman–Crippen MR) is 77.2 cm³/mol. The number of rotatable bonds is 4. The zero-order valence-electron chi connectivity index (χ0n) is 12.1. The molecule has 0 aliphatic heterocycles. The largest absolute Gasteiger partial charge is 0.468 e. The van der Waals surface area contributed by atoms with Crippen LogP contribution in [0.2, 0.25) is 0 Å². The van der Waals surface area contributed by atoms with Crippen molar-refractivity contribution in [2.45, 2.75) is 19.8 Å². The van der Waals surface area contributed by atoms with Gasteiger partial charge in [-0.1, -0.05) is 13.3 Å². The summed E-state index contributed by atoms with van der Waals surface area (Å²) in [6.07, 6.45) is 3.71. The lowest BCUT2D eigenvalue weighted by atomic mass is 10.3. The normalized spacial score (nSPS) is 10.9. The van der Waals surface area contributed by atoms with Gasteiger partial charge in [-0.15, -0.1) is 4.99 Å². The second-order valence-electron chi connectivity index (χ2n) is 3.87. The number of unbranched alkanes of at least 4 members (excludes halogenated alkanes) is 1. The van der Waals surface area contributed by atoms with E-state index in [1.807, 2.05) is 13.2 Å². The number of nitrogens with one attached hydrogen (secondary N) is 1. The minimum absolute atomic E-state index is 0.112. The third kappa shape index (κ3) is 6.90. The predicted octanol–water partition coefficient (Wildman–Crippen LogP) is 1.76. The molecule has 19 heavy (non-hydrogen) atoms. The van der Waals surface area contributed by atoms with Gasteiger partial charge < -0.3 is 9.64 Å². The van der Waals surface area contributed by atoms with Crippen LogP contribution in [0.5, 0.6) is 0 Å². The molecule has 0 saturated heterocycles. The molecule has 0 heterocycles. The van der Waals surface area contributed by atoms with Gasteiger partial charge in [0.25, 0.3) is 0 Å². The van der Waals surface area contributed by atoms with E-state index in [4.69, 9.17) is 4.74 Å². The van der Waals surface area contributed by atoms with Gasteiger partial charge in [0.1, 0.15) is 0 Å². The highest BCUT2D eigenvalue weighted by molar-refractivity contribution is 7.96. The molecule has 0 radical (unpaired) electrons. The topological polar surface area (TPSA) is 74.2 Å². The number of carbonyl (C=O) groups is 2. The van der Waals surface area contributed by atoms with Crippen LogP contribution < -0.4 is 5.32 Å². The average Bonchev–Trinajstić information content (AvgIpc) is 2.38. The van der Waals surface area contributed by atoms with E-state index in [0.29, 0.717) is 6.54 Å². The minimum Gasteiger partial charge on any atom is -0.468 e. The number of carbonyl (C=O) groups excluding carboxylic acids is 2. The smallest absolute Gasteiger partial charge is 0.347 e. The van der Waals surface area contributed by atoms with E-state index in [1.54, 1.807) is 18.4 Å². The number of amides is 4. The fourth-order valence-electron chi connectivity index (χ4n) is 1.04. The Morgan fingerprint density at radius 2 is 2.00 bits per heavy atom. The maximum atomic E-state index is 11.9. The molecule has 0 aromatic carbocycles. The minimum atomic E-state index is -0.499. The van der Waals surface area contributed by atoms with Gasteiger partial charge in [-0.05, 0) is 18.4 Å². The third-order valence-corrected chi connectivity index (χ3v) is 2.94. The molecule has 7 nitrogen and oxygen atoms in total. The van der Waals surface area contributed by atoms with Crippen LogP contribution in [0.4, 0.5) is 9.59 Å². The number of methoxy groups -OCH3 is 1. The summed E-state index contributed by atoms with van der Waals surface area (Å²) >= 11 is 1.31. The van der Waals surface area contributed by atoms with E-state index >= 15 is 0 Å². The Morgan fingerprint density at radius 1 is 1.37 bits per heavy atom. The van der Waals surface area contributed by atoms with Crippen LogP contribution in [-0.4, -0.2) is 61.3 Å². The molecule has 0 bridgehead atoms. The van der Waals surface area contributed by atoms with Gasteiger partial charge in [0.05, 0.1) is 7.11 Å². The third-order valence-electron chi connectivity index (χ3n) is 2.15. The van der Waals surface area contributed by atoms with Crippen LogP contribution in [0, 0.1) is 0 Å². The van der Waals surface area contributed by atoms with Crippen molar-refractivity contribution in [3.8, 4) is 0 Å². The zero-order chi connectivity index (χ0) is 14.8. The number of ether oxygens (including phenoxy) is 1. The van der Waals surface area contributed by atoms with Crippen LogP contribution in [0.3, 0.4) is 0 Å². The molecular weight excluding hydrogens is 268 g/mol. The molecule has 0 rings (SSSR count). The van der Waals surface area contributed by atoms with E-state index in [0.717, 1.165) is 12.8 Å². The van der Waals surface area contributed by atoms with Crippen LogP contribution >= 0.6 is 11.9 Å². The monoisotopic (exact) mass is 290 g/mol. The molecule has 0 aliphatic carbocycles. The molecule has 4 amide bonds. The number of urea groups is 2. The summed E-state index contributed by atoms with van der Waals surface area (Å²) in [7, 11) is 4.48. The molecule has 0 saturated carbocycles. The SMILES string of the molecule is CCCCN(SC)C(=O)NC(=NC(=O)N(C)C)OC. The van der Waals surface area contributed by atoms with Crippen molar-refractivity contribution in [3.63, 3.8) is 0 Å². The van der Waals surface area contributed by atoms with Gasteiger partial charge >= 0.3 is 18.1 Å². The number of aliphatic imine (C=N–C) groups is 1. The first kappa shape index (κ1) is 17.6. The quantitative estimate of drug-likeness (QED) is 0.486. The van der Waals surface area contributed by atoms with E-state index in [1.165, 1.54) is 24.0 Å². The summed E-state index contributed by atoms with van der Waals surface area (Å²) in [6, 6.07) is -0.964. The van der Waals surface area contributed by atoms with Crippen LogP contribution in [0.25, 0.3) is 0 Å². The molecular formula is C11H22N4O3S. The Kier molecular flexibility index (Phi) is 8.77. The van der Waals surface area contributed by atoms with Crippen LogP contribution in [-0.2, 0) is 4.74 Å². The summed E-state index contributed by atoms with van der Waals surface area (Å²) in [5.74, 6) is 0. The van der Waals surface area contributed by atoms with Gasteiger partial charge in [0.2, 0.25) is 0 Å². The summed E-state index contributed by atoms with van der Waals surface area (Å²) in [5, 5.41) is 2.46. The van der Waals surface area contributed by atoms with E-state index < -0.39 is 6.03 Å². The summed E-state index contributed by atoms with van der Waals surface area (Å²) in [6.45, 7) is 2.68. The Labute approximate surface area is 118 Å². The number of hydrogen-bond acceptors (Lipinski definition) is 4. The Hall–Kier alpha value is -1.44. The molecule has 0 fully saturated rings. The first-order valence-corrected chi connectivity index (χ1v) is 7.11. The van der Waals surface area contributed by atoms with Gasteiger partial charge in [-0.25, -0.2) is 9.59 Å². The molecule has 8 heteroatoms. The standard InChI is InChI=1S/C11H22N4O3S/c1-6-7-8-15(19-5)11(17)13-9(18-4)12-10(16)14(2)3/h6-8H2,1-5H3,(H,12,13,16,17). The Balaban J connectivity index is 4.60. The van der Waals surface area contributed by atoms with Crippen molar-refractivity contribution in [1.82, 2.24) is 14.5 Å². The Bertz CT molecular complexity index is 334. The highest BCUT2D eigenvalue weighted by Gasteiger charge is 2.15. The lowest BCUT2D eigenvalue weighted by Gasteiger charge is -2.19. The van der Waals surface area contributed by atoms with Crippen molar-refractivity contribution in [3.05, 3.63) is 0 Å². The highest BCUT2D eigenvalue weighted by Crippen LogP contribution is 2.07. The first-order chi connectivity index (χ1) is 8.96. The molecule has 0 atom stereocenters. The fourth-order valence-corrected chi connectivity index (χ4v) is 1.57. The van der Waals surface area contributed by atoms with Crippen molar-refractivity contribution >= 4 is 30.0 Å². The van der Waals surface area contributed by atoms with Crippen molar-refractivity contribution < 1.29 is 14.3 Å². The highest BCUT2D eigenvalue weighted by atomic mass is 32.2. The second kappa shape index (κ2) is 9.48. The maximum Gasteiger partial charge on any atom is 0.347 e.